The number of ether oxygens (including phenoxy) is 2. The van der Waals surface area contributed by atoms with Crippen LogP contribution in [0.25, 0.3) is 16.8 Å². The van der Waals surface area contributed by atoms with Crippen molar-refractivity contribution in [3.05, 3.63) is 93.0 Å². The van der Waals surface area contributed by atoms with Crippen LogP contribution in [-0.4, -0.2) is 30.4 Å². The molecule has 0 amide bonds. The predicted molar refractivity (Wildman–Crippen MR) is 150 cm³/mol. The van der Waals surface area contributed by atoms with Gasteiger partial charge in [-0.05, 0) is 45.8 Å². The van der Waals surface area contributed by atoms with Gasteiger partial charge in [-0.2, -0.15) is 13.2 Å². The van der Waals surface area contributed by atoms with Crippen LogP contribution < -0.4 is 19.6 Å². The van der Waals surface area contributed by atoms with Crippen LogP contribution in [0.1, 0.15) is 24.3 Å². The van der Waals surface area contributed by atoms with Crippen molar-refractivity contribution in [2.24, 2.45) is 4.99 Å². The first-order valence-electron chi connectivity index (χ1n) is 11.4. The molecule has 13 heteroatoms. The number of methoxy groups -OCH3 is 1. The van der Waals surface area contributed by atoms with Gasteiger partial charge in [-0.25, -0.2) is 9.79 Å². The maximum absolute atomic E-state index is 14.5. The van der Waals surface area contributed by atoms with Crippen molar-refractivity contribution >= 4 is 72.7 Å². The van der Waals surface area contributed by atoms with Gasteiger partial charge in [0, 0.05) is 34.2 Å². The van der Waals surface area contributed by atoms with Crippen molar-refractivity contribution in [1.29, 1.82) is 0 Å². The zero-order valence-corrected chi connectivity index (χ0v) is 24.7. The highest BCUT2D eigenvalue weighted by Gasteiger charge is 2.46. The van der Waals surface area contributed by atoms with Gasteiger partial charge in [-0.1, -0.05) is 41.7 Å². The summed E-state index contributed by atoms with van der Waals surface area (Å²) in [7, 11) is 1.37. The number of thiazole rings is 1. The summed E-state index contributed by atoms with van der Waals surface area (Å²) < 4.78 is 62.0. The monoisotopic (exact) mass is 732 g/mol. The van der Waals surface area contributed by atoms with E-state index in [0.29, 0.717) is 24.8 Å². The fourth-order valence-electron chi connectivity index (χ4n) is 4.41. The second kappa shape index (κ2) is 10.6. The predicted octanol–water partition coefficient (Wildman–Crippen LogP) is 5.46. The maximum Gasteiger partial charge on any atom is 0.434 e. The Morgan fingerprint density at radius 3 is 2.67 bits per heavy atom. The van der Waals surface area contributed by atoms with Crippen molar-refractivity contribution in [3.8, 4) is 5.75 Å². The summed E-state index contributed by atoms with van der Waals surface area (Å²) in [5.74, 6) is -0.716. The number of nitrogens with zero attached hydrogens (tertiary/aromatic N) is 2. The van der Waals surface area contributed by atoms with Crippen LogP contribution in [-0.2, 0) is 9.53 Å². The average molecular weight is 733 g/mol. The van der Waals surface area contributed by atoms with Crippen LogP contribution in [0.5, 0.6) is 5.75 Å². The van der Waals surface area contributed by atoms with Gasteiger partial charge in [0.15, 0.2) is 14.3 Å². The van der Waals surface area contributed by atoms with Gasteiger partial charge in [0.1, 0.15) is 17.6 Å². The summed E-state index contributed by atoms with van der Waals surface area (Å²) in [6.45, 7) is 1.31. The number of allylic oxidation sites excluding steroid dienone is 1. The third-order valence-corrected chi connectivity index (χ3v) is 9.07. The van der Waals surface area contributed by atoms with Gasteiger partial charge in [0.2, 0.25) is 0 Å². The van der Waals surface area contributed by atoms with Crippen LogP contribution in [0.15, 0.2) is 72.4 Å². The highest BCUT2D eigenvalue weighted by molar-refractivity contribution is 14.1. The number of hydrogen-bond donors (Lipinski definition) is 0. The number of carbonyl (C=O) groups excluding carboxylic acids is 1. The van der Waals surface area contributed by atoms with Crippen LogP contribution in [0.3, 0.4) is 0 Å². The van der Waals surface area contributed by atoms with Crippen LogP contribution in [0.2, 0.25) is 0 Å². The van der Waals surface area contributed by atoms with Gasteiger partial charge in [0.05, 0.1) is 28.3 Å². The third-order valence-electron chi connectivity index (χ3n) is 5.96. The molecule has 7 nitrogen and oxygen atoms in total. The lowest BCUT2D eigenvalue weighted by Gasteiger charge is -2.28. The molecule has 0 spiro atoms. The molecule has 2 aromatic carbocycles. The summed E-state index contributed by atoms with van der Waals surface area (Å²) in [6.07, 6.45) is -3.59. The Morgan fingerprint density at radius 1 is 1.28 bits per heavy atom. The minimum absolute atomic E-state index is 0.0715. The number of alkyl halides is 3. The maximum atomic E-state index is 14.5. The number of fused-ring (bicyclic) bond motifs is 2. The number of benzene rings is 2. The Labute approximate surface area is 244 Å². The number of furan rings is 1. The molecule has 4 aromatic rings. The SMILES string of the molecule is CCOC(=O)C1=C(C(F)(F)F)N=c2s/c(=C/c3cc(Br)c(I)o3)c(=O)n2[C@@H]1c1c(OC)ccc2ccccc12. The quantitative estimate of drug-likeness (QED) is 0.201. The van der Waals surface area contributed by atoms with E-state index in [-0.39, 0.29) is 27.3 Å². The van der Waals surface area contributed by atoms with Gasteiger partial charge in [-0.3, -0.25) is 9.36 Å². The third kappa shape index (κ3) is 4.95. The molecule has 1 atom stereocenters. The highest BCUT2D eigenvalue weighted by Crippen LogP contribution is 2.43. The lowest BCUT2D eigenvalue weighted by Crippen LogP contribution is -2.41. The molecule has 2 aromatic heterocycles. The summed E-state index contributed by atoms with van der Waals surface area (Å²) in [5.41, 5.74) is -2.67. The fourth-order valence-corrected chi connectivity index (χ4v) is 6.11. The van der Waals surface area contributed by atoms with E-state index in [1.807, 2.05) is 22.6 Å². The molecular weight excluding hydrogens is 716 g/mol. The lowest BCUT2D eigenvalue weighted by molar-refractivity contribution is -0.140. The molecule has 202 valence electrons. The van der Waals surface area contributed by atoms with Crippen LogP contribution >= 0.6 is 49.9 Å². The van der Waals surface area contributed by atoms with E-state index < -0.39 is 35.0 Å². The molecule has 0 saturated heterocycles. The van der Waals surface area contributed by atoms with Gasteiger partial charge < -0.3 is 13.9 Å². The first-order chi connectivity index (χ1) is 18.5. The molecule has 0 unspecified atom stereocenters. The van der Waals surface area contributed by atoms with E-state index in [1.54, 1.807) is 42.5 Å². The smallest absolute Gasteiger partial charge is 0.434 e. The summed E-state index contributed by atoms with van der Waals surface area (Å²) in [6, 6.07) is 10.4. The summed E-state index contributed by atoms with van der Waals surface area (Å²) in [5, 5.41) is 1.19. The summed E-state index contributed by atoms with van der Waals surface area (Å²) in [4.78, 5) is 30.6. The molecule has 0 saturated carbocycles. The first-order valence-corrected chi connectivity index (χ1v) is 14.0. The number of carbonyl (C=O) groups is 1. The van der Waals surface area contributed by atoms with Gasteiger partial charge in [0.25, 0.3) is 5.56 Å². The van der Waals surface area contributed by atoms with E-state index in [9.17, 15) is 22.8 Å². The van der Waals surface area contributed by atoms with Crippen molar-refractivity contribution in [2.75, 3.05) is 13.7 Å². The summed E-state index contributed by atoms with van der Waals surface area (Å²) >= 11 is 6.05. The van der Waals surface area contributed by atoms with E-state index in [0.717, 1.165) is 15.9 Å². The van der Waals surface area contributed by atoms with Crippen molar-refractivity contribution in [3.63, 3.8) is 0 Å². The number of rotatable bonds is 5. The lowest BCUT2D eigenvalue weighted by atomic mass is 9.90. The molecule has 0 fully saturated rings. The zero-order chi connectivity index (χ0) is 28.1. The molecule has 3 heterocycles. The van der Waals surface area contributed by atoms with E-state index >= 15 is 0 Å². The fraction of sp³-hybridized carbons (Fsp3) is 0.192. The second-order valence-corrected chi connectivity index (χ2v) is 11.1. The number of hydrogen-bond acceptors (Lipinski definition) is 7. The Morgan fingerprint density at radius 2 is 2.03 bits per heavy atom. The largest absolute Gasteiger partial charge is 0.496 e. The van der Waals surface area contributed by atoms with E-state index in [1.165, 1.54) is 20.1 Å². The molecule has 39 heavy (non-hydrogen) atoms. The minimum Gasteiger partial charge on any atom is -0.496 e. The number of esters is 1. The van der Waals surface area contributed by atoms with Crippen molar-refractivity contribution in [2.45, 2.75) is 19.1 Å². The second-order valence-electron chi connectivity index (χ2n) is 8.24. The van der Waals surface area contributed by atoms with E-state index in [4.69, 9.17) is 13.9 Å². The Hall–Kier alpha value is -2.91. The van der Waals surface area contributed by atoms with Crippen molar-refractivity contribution < 1.29 is 31.9 Å². The van der Waals surface area contributed by atoms with Crippen LogP contribution in [0.4, 0.5) is 13.2 Å². The molecule has 5 rings (SSSR count). The van der Waals surface area contributed by atoms with E-state index in [2.05, 4.69) is 20.9 Å². The normalized spacial score (nSPS) is 15.9. The molecule has 0 radical (unpaired) electrons. The molecule has 0 N–H and O–H groups in total. The van der Waals surface area contributed by atoms with Crippen molar-refractivity contribution in [1.82, 2.24) is 4.57 Å². The molecule has 0 bridgehead atoms. The molecular formula is C26H17BrF3IN2O5S. The highest BCUT2D eigenvalue weighted by atomic mass is 127. The Balaban J connectivity index is 1.93. The average Bonchev–Trinajstić information content (AvgIpc) is 3.38. The van der Waals surface area contributed by atoms with Gasteiger partial charge >= 0.3 is 12.1 Å². The topological polar surface area (TPSA) is 83.0 Å². The Bertz CT molecular complexity index is 1820. The van der Waals surface area contributed by atoms with Gasteiger partial charge in [-0.15, -0.1) is 0 Å². The molecule has 0 aliphatic carbocycles. The first kappa shape index (κ1) is 27.6. The number of aromatic nitrogens is 1. The Kier molecular flexibility index (Phi) is 7.50. The van der Waals surface area contributed by atoms with Crippen LogP contribution in [0, 0.1) is 3.77 Å². The number of halogens is 5. The zero-order valence-electron chi connectivity index (χ0n) is 20.1. The standard InChI is InChI=1S/C26H17BrF3IN2O5S/c1-3-37-24(35)19-20(18-14-7-5-4-6-12(14)8-9-16(18)36-2)33-23(34)17(11-13-10-15(27)22(31)38-13)39-25(33)32-21(19)26(28,29)30/h4-11,20H,3H2,1-2H3/b17-11+/t20-/m1/s1. The minimum atomic E-state index is -5.02. The molecule has 1 aliphatic rings. The molecule has 1 aliphatic heterocycles.